The van der Waals surface area contributed by atoms with Gasteiger partial charge in [-0.25, -0.2) is 0 Å². The summed E-state index contributed by atoms with van der Waals surface area (Å²) in [5, 5.41) is 4.90. The summed E-state index contributed by atoms with van der Waals surface area (Å²) in [7, 11) is 0. The molecule has 0 spiro atoms. The summed E-state index contributed by atoms with van der Waals surface area (Å²) >= 11 is 2.10. The molecular weight excluding hydrogens is 280 g/mol. The summed E-state index contributed by atoms with van der Waals surface area (Å²) in [6.07, 6.45) is 0. The van der Waals surface area contributed by atoms with Gasteiger partial charge in [-0.15, -0.1) is 0 Å². The molecule has 0 bridgehead atoms. The molecule has 1 aliphatic heterocycles. The van der Waals surface area contributed by atoms with Crippen LogP contribution < -0.4 is 5.32 Å². The maximum absolute atomic E-state index is 6.06. The highest BCUT2D eigenvalue weighted by Gasteiger charge is 2.23. The SMILES string of the molecule is Cc1cc(CN2CC(C)SC(C)C2)oc1CNCC(C)C. The van der Waals surface area contributed by atoms with E-state index in [0.717, 1.165) is 54.7 Å². The van der Waals surface area contributed by atoms with Gasteiger partial charge in [-0.3, -0.25) is 4.90 Å². The Morgan fingerprint density at radius 3 is 2.62 bits per heavy atom. The van der Waals surface area contributed by atoms with E-state index in [1.54, 1.807) is 0 Å². The first-order valence-corrected chi connectivity index (χ1v) is 9.05. The van der Waals surface area contributed by atoms with Crippen molar-refractivity contribution in [2.75, 3.05) is 19.6 Å². The van der Waals surface area contributed by atoms with E-state index in [1.165, 1.54) is 5.56 Å². The lowest BCUT2D eigenvalue weighted by Crippen LogP contribution is -2.39. The zero-order valence-corrected chi connectivity index (χ0v) is 14.9. The number of furan rings is 1. The number of thioether (sulfide) groups is 1. The van der Waals surface area contributed by atoms with Crippen molar-refractivity contribution in [3.63, 3.8) is 0 Å². The van der Waals surface area contributed by atoms with Gasteiger partial charge in [0.15, 0.2) is 0 Å². The van der Waals surface area contributed by atoms with Crippen LogP contribution in [0.15, 0.2) is 10.5 Å². The van der Waals surface area contributed by atoms with E-state index in [4.69, 9.17) is 4.42 Å². The third kappa shape index (κ3) is 5.35. The van der Waals surface area contributed by atoms with Gasteiger partial charge in [-0.2, -0.15) is 11.8 Å². The van der Waals surface area contributed by atoms with Crippen LogP contribution in [0.5, 0.6) is 0 Å². The van der Waals surface area contributed by atoms with Crippen LogP contribution in [0, 0.1) is 12.8 Å². The lowest BCUT2D eigenvalue weighted by molar-refractivity contribution is 0.238. The van der Waals surface area contributed by atoms with Crippen LogP contribution in [0.2, 0.25) is 0 Å². The number of nitrogens with zero attached hydrogens (tertiary/aromatic N) is 1. The average Bonchev–Trinajstić information content (AvgIpc) is 2.67. The topological polar surface area (TPSA) is 28.4 Å². The van der Waals surface area contributed by atoms with Gasteiger partial charge >= 0.3 is 0 Å². The van der Waals surface area contributed by atoms with E-state index in [2.05, 4.69) is 62.7 Å². The standard InChI is InChI=1S/C17H30N2OS/c1-12(2)7-18-8-17-13(3)6-16(20-17)11-19-9-14(4)21-15(5)10-19/h6,12,14-15,18H,7-11H2,1-5H3. The van der Waals surface area contributed by atoms with E-state index in [9.17, 15) is 0 Å². The normalized spacial score (nSPS) is 23.9. The number of hydrogen-bond acceptors (Lipinski definition) is 4. The Balaban J connectivity index is 1.89. The van der Waals surface area contributed by atoms with Gasteiger partial charge < -0.3 is 9.73 Å². The average molecular weight is 311 g/mol. The molecule has 0 saturated carbocycles. The van der Waals surface area contributed by atoms with Crippen LogP contribution in [0.1, 0.15) is 44.8 Å². The Kier molecular flexibility index (Phi) is 6.20. The van der Waals surface area contributed by atoms with Crippen LogP contribution in [0.25, 0.3) is 0 Å². The predicted molar refractivity (Wildman–Crippen MR) is 91.8 cm³/mol. The molecule has 1 aliphatic rings. The van der Waals surface area contributed by atoms with Gasteiger partial charge in [-0.1, -0.05) is 27.7 Å². The Hall–Kier alpha value is -0.450. The molecule has 0 amide bonds. The van der Waals surface area contributed by atoms with Crippen LogP contribution in [-0.2, 0) is 13.1 Å². The molecule has 2 atom stereocenters. The Bertz CT molecular complexity index is 434. The zero-order chi connectivity index (χ0) is 15.4. The van der Waals surface area contributed by atoms with Gasteiger partial charge in [0.25, 0.3) is 0 Å². The van der Waals surface area contributed by atoms with Gasteiger partial charge in [0.05, 0.1) is 13.1 Å². The monoisotopic (exact) mass is 310 g/mol. The molecule has 1 N–H and O–H groups in total. The minimum Gasteiger partial charge on any atom is -0.463 e. The van der Waals surface area contributed by atoms with E-state index in [0.29, 0.717) is 5.92 Å². The second-order valence-corrected chi connectivity index (χ2v) is 8.68. The summed E-state index contributed by atoms with van der Waals surface area (Å²) in [6.45, 7) is 16.4. The molecule has 3 nitrogen and oxygen atoms in total. The Labute approximate surface area is 133 Å². The van der Waals surface area contributed by atoms with E-state index in [-0.39, 0.29) is 0 Å². The first kappa shape index (κ1) is 16.9. The summed E-state index contributed by atoms with van der Waals surface area (Å²) in [6, 6.07) is 2.21. The number of nitrogens with one attached hydrogen (secondary N) is 1. The molecule has 1 aromatic rings. The lowest BCUT2D eigenvalue weighted by Gasteiger charge is -2.33. The third-order valence-corrected chi connectivity index (χ3v) is 5.01. The molecule has 1 saturated heterocycles. The number of hydrogen-bond donors (Lipinski definition) is 1. The molecule has 4 heteroatoms. The molecule has 2 unspecified atom stereocenters. The van der Waals surface area contributed by atoms with Crippen LogP contribution >= 0.6 is 11.8 Å². The fourth-order valence-corrected chi connectivity index (χ4v) is 4.34. The minimum atomic E-state index is 0.675. The van der Waals surface area contributed by atoms with Crippen molar-refractivity contribution in [3.8, 4) is 0 Å². The molecule has 0 aromatic carbocycles. The van der Waals surface area contributed by atoms with E-state index < -0.39 is 0 Å². The molecule has 21 heavy (non-hydrogen) atoms. The molecule has 0 radical (unpaired) electrons. The van der Waals surface area contributed by atoms with Crippen molar-refractivity contribution in [1.29, 1.82) is 0 Å². The van der Waals surface area contributed by atoms with Crippen molar-refractivity contribution in [3.05, 3.63) is 23.2 Å². The predicted octanol–water partition coefficient (Wildman–Crippen LogP) is 3.66. The molecule has 2 heterocycles. The highest BCUT2D eigenvalue weighted by atomic mass is 32.2. The lowest BCUT2D eigenvalue weighted by atomic mass is 10.2. The molecule has 120 valence electrons. The smallest absolute Gasteiger partial charge is 0.120 e. The fraction of sp³-hybridized carbons (Fsp3) is 0.765. The first-order chi connectivity index (χ1) is 9.94. The van der Waals surface area contributed by atoms with E-state index in [1.807, 2.05) is 0 Å². The number of rotatable bonds is 6. The zero-order valence-electron chi connectivity index (χ0n) is 14.1. The molecular formula is C17H30N2OS. The van der Waals surface area contributed by atoms with Gasteiger partial charge in [0, 0.05) is 23.6 Å². The highest BCUT2D eigenvalue weighted by molar-refractivity contribution is 8.00. The van der Waals surface area contributed by atoms with Crippen LogP contribution in [0.4, 0.5) is 0 Å². The van der Waals surface area contributed by atoms with Crippen molar-refractivity contribution < 1.29 is 4.42 Å². The van der Waals surface area contributed by atoms with Gasteiger partial charge in [0.1, 0.15) is 11.5 Å². The maximum Gasteiger partial charge on any atom is 0.120 e. The minimum absolute atomic E-state index is 0.675. The van der Waals surface area contributed by atoms with Crippen molar-refractivity contribution in [2.45, 2.75) is 58.2 Å². The van der Waals surface area contributed by atoms with Crippen LogP contribution in [0.3, 0.4) is 0 Å². The first-order valence-electron chi connectivity index (χ1n) is 8.10. The molecule has 0 aliphatic carbocycles. The van der Waals surface area contributed by atoms with Crippen molar-refractivity contribution >= 4 is 11.8 Å². The second kappa shape index (κ2) is 7.70. The van der Waals surface area contributed by atoms with Crippen LogP contribution in [-0.4, -0.2) is 35.0 Å². The van der Waals surface area contributed by atoms with E-state index >= 15 is 0 Å². The molecule has 2 rings (SSSR count). The van der Waals surface area contributed by atoms with Gasteiger partial charge in [-0.05, 0) is 31.0 Å². The summed E-state index contributed by atoms with van der Waals surface area (Å²) in [5.41, 5.74) is 1.27. The summed E-state index contributed by atoms with van der Waals surface area (Å²) in [5.74, 6) is 2.88. The molecule has 1 aromatic heterocycles. The summed E-state index contributed by atoms with van der Waals surface area (Å²) < 4.78 is 6.06. The molecule has 1 fully saturated rings. The van der Waals surface area contributed by atoms with Crippen molar-refractivity contribution in [1.82, 2.24) is 10.2 Å². The maximum atomic E-state index is 6.06. The van der Waals surface area contributed by atoms with Crippen molar-refractivity contribution in [2.24, 2.45) is 5.92 Å². The Morgan fingerprint density at radius 1 is 1.33 bits per heavy atom. The summed E-state index contributed by atoms with van der Waals surface area (Å²) in [4.78, 5) is 2.52. The number of aryl methyl sites for hydroxylation is 1. The second-order valence-electron chi connectivity index (χ2n) is 6.80. The quantitative estimate of drug-likeness (QED) is 0.868. The Morgan fingerprint density at radius 2 is 2.00 bits per heavy atom. The highest BCUT2D eigenvalue weighted by Crippen LogP contribution is 2.26. The van der Waals surface area contributed by atoms with Gasteiger partial charge in [0.2, 0.25) is 0 Å². The fourth-order valence-electron chi connectivity index (χ4n) is 2.95. The largest absolute Gasteiger partial charge is 0.463 e. The third-order valence-electron chi connectivity index (χ3n) is 3.78.